The molecular weight excluding hydrogens is 358 g/mol. The van der Waals surface area contributed by atoms with Crippen LogP contribution in [0.5, 0.6) is 0 Å². The number of carbonyl (C=O) groups is 1. The van der Waals surface area contributed by atoms with E-state index in [1.807, 2.05) is 43.0 Å². The van der Waals surface area contributed by atoms with Gasteiger partial charge in [0.25, 0.3) is 5.91 Å². The van der Waals surface area contributed by atoms with Gasteiger partial charge >= 0.3 is 0 Å². The number of carbonyl (C=O) groups excluding carboxylic acids is 1. The van der Waals surface area contributed by atoms with E-state index in [1.54, 1.807) is 17.0 Å². The molecule has 5 nitrogen and oxygen atoms in total. The summed E-state index contributed by atoms with van der Waals surface area (Å²) in [6.07, 6.45) is 0. The van der Waals surface area contributed by atoms with E-state index >= 15 is 0 Å². The van der Waals surface area contributed by atoms with Gasteiger partial charge in [0.1, 0.15) is 11.5 Å². The normalized spacial score (nSPS) is 15.3. The van der Waals surface area contributed by atoms with Crippen LogP contribution in [0.25, 0.3) is 0 Å². The van der Waals surface area contributed by atoms with Crippen molar-refractivity contribution in [2.75, 3.05) is 24.6 Å². The molecule has 2 aromatic rings. The minimum atomic E-state index is -3.37. The van der Waals surface area contributed by atoms with Gasteiger partial charge in [0, 0.05) is 24.6 Å². The molecule has 0 atom stereocenters. The van der Waals surface area contributed by atoms with E-state index in [1.165, 1.54) is 0 Å². The summed E-state index contributed by atoms with van der Waals surface area (Å²) >= 11 is 1.82. The lowest BCUT2D eigenvalue weighted by molar-refractivity contribution is 0.0739. The molecule has 3 rings (SSSR count). The molecule has 25 heavy (non-hydrogen) atoms. The van der Waals surface area contributed by atoms with Crippen molar-refractivity contribution in [3.8, 4) is 0 Å². The van der Waals surface area contributed by atoms with E-state index < -0.39 is 9.84 Å². The van der Waals surface area contributed by atoms with Crippen LogP contribution in [0.2, 0.25) is 0 Å². The fraction of sp³-hybridized carbons (Fsp3) is 0.389. The Bertz CT molecular complexity index is 851. The highest BCUT2D eigenvalue weighted by atomic mass is 32.2. The predicted molar refractivity (Wildman–Crippen MR) is 99.4 cm³/mol. The Kier molecular flexibility index (Phi) is 5.54. The second-order valence-corrected chi connectivity index (χ2v) is 9.42. The van der Waals surface area contributed by atoms with Crippen molar-refractivity contribution in [3.63, 3.8) is 0 Å². The first-order chi connectivity index (χ1) is 11.9. The first kappa shape index (κ1) is 18.1. The summed E-state index contributed by atoms with van der Waals surface area (Å²) in [5, 5.41) is 0. The Morgan fingerprint density at radius 1 is 1.12 bits per heavy atom. The topological polar surface area (TPSA) is 67.6 Å². The monoisotopic (exact) mass is 379 g/mol. The molecule has 2 heterocycles. The molecule has 1 aromatic carbocycles. The van der Waals surface area contributed by atoms with Crippen LogP contribution in [0.1, 0.15) is 27.4 Å². The van der Waals surface area contributed by atoms with Crippen molar-refractivity contribution >= 4 is 27.5 Å². The molecule has 1 fully saturated rings. The molecule has 1 aromatic heterocycles. The molecule has 1 aliphatic rings. The molecule has 0 unspecified atom stereocenters. The van der Waals surface area contributed by atoms with Gasteiger partial charge < -0.3 is 9.32 Å². The number of hydrogen-bond acceptors (Lipinski definition) is 5. The molecule has 7 heteroatoms. The van der Waals surface area contributed by atoms with Gasteiger partial charge in [-0.1, -0.05) is 24.3 Å². The van der Waals surface area contributed by atoms with Gasteiger partial charge in [0.15, 0.2) is 15.6 Å². The van der Waals surface area contributed by atoms with Gasteiger partial charge in [-0.3, -0.25) is 4.79 Å². The number of hydrogen-bond donors (Lipinski definition) is 0. The molecule has 0 radical (unpaired) electrons. The third-order valence-electron chi connectivity index (χ3n) is 4.17. The van der Waals surface area contributed by atoms with E-state index in [4.69, 9.17) is 4.42 Å². The molecule has 1 saturated heterocycles. The third kappa shape index (κ3) is 4.67. The standard InChI is InChI=1S/C18H21NO4S2/c1-14-4-2-3-5-15(14)12-25(21,22)13-16-6-7-17(23-16)18(20)19-8-10-24-11-9-19/h2-7H,8-13H2,1H3. The van der Waals surface area contributed by atoms with Crippen LogP contribution in [-0.2, 0) is 21.3 Å². The third-order valence-corrected chi connectivity index (χ3v) is 6.59. The number of sulfone groups is 1. The maximum Gasteiger partial charge on any atom is 0.289 e. The molecule has 134 valence electrons. The Hall–Kier alpha value is -1.73. The van der Waals surface area contributed by atoms with Crippen molar-refractivity contribution in [3.05, 3.63) is 59.0 Å². The maximum absolute atomic E-state index is 12.4. The number of nitrogens with zero attached hydrogens (tertiary/aromatic N) is 1. The number of aryl methyl sites for hydroxylation is 1. The van der Waals surface area contributed by atoms with Crippen molar-refractivity contribution in [2.24, 2.45) is 0 Å². The van der Waals surface area contributed by atoms with Gasteiger partial charge in [-0.15, -0.1) is 0 Å². The molecule has 0 N–H and O–H groups in total. The Morgan fingerprint density at radius 2 is 1.84 bits per heavy atom. The van der Waals surface area contributed by atoms with Gasteiger partial charge in [-0.25, -0.2) is 8.42 Å². The molecule has 0 saturated carbocycles. The van der Waals surface area contributed by atoms with Crippen LogP contribution < -0.4 is 0 Å². The van der Waals surface area contributed by atoms with Crippen LogP contribution >= 0.6 is 11.8 Å². The molecule has 0 bridgehead atoms. The van der Waals surface area contributed by atoms with Crippen molar-refractivity contribution in [2.45, 2.75) is 18.4 Å². The summed E-state index contributed by atoms with van der Waals surface area (Å²) in [7, 11) is -3.37. The van der Waals surface area contributed by atoms with Gasteiger partial charge in [0.05, 0.1) is 5.75 Å². The second-order valence-electron chi connectivity index (χ2n) is 6.13. The highest BCUT2D eigenvalue weighted by Crippen LogP contribution is 2.19. The summed E-state index contributed by atoms with van der Waals surface area (Å²) < 4.78 is 30.4. The summed E-state index contributed by atoms with van der Waals surface area (Å²) in [5.41, 5.74) is 1.74. The lowest BCUT2D eigenvalue weighted by atomic mass is 10.1. The minimum Gasteiger partial charge on any atom is -0.455 e. The summed E-state index contributed by atoms with van der Waals surface area (Å²) in [4.78, 5) is 14.1. The molecular formula is C18H21NO4S2. The van der Waals surface area contributed by atoms with Crippen LogP contribution in [0.3, 0.4) is 0 Å². The number of thioether (sulfide) groups is 1. The second kappa shape index (κ2) is 7.66. The average molecular weight is 380 g/mol. The molecule has 0 aliphatic carbocycles. The number of furan rings is 1. The highest BCUT2D eigenvalue weighted by Gasteiger charge is 2.23. The first-order valence-electron chi connectivity index (χ1n) is 8.15. The van der Waals surface area contributed by atoms with Gasteiger partial charge in [-0.2, -0.15) is 11.8 Å². The predicted octanol–water partition coefficient (Wildman–Crippen LogP) is 2.89. The van der Waals surface area contributed by atoms with Crippen LogP contribution in [0.4, 0.5) is 0 Å². The lowest BCUT2D eigenvalue weighted by Crippen LogP contribution is -2.37. The summed E-state index contributed by atoms with van der Waals surface area (Å²) in [6.45, 7) is 3.29. The summed E-state index contributed by atoms with van der Waals surface area (Å²) in [5.74, 6) is 1.96. The van der Waals surface area contributed by atoms with Crippen molar-refractivity contribution < 1.29 is 17.6 Å². The quantitative estimate of drug-likeness (QED) is 0.799. The average Bonchev–Trinajstić information content (AvgIpc) is 3.04. The minimum absolute atomic E-state index is 0.0347. The van der Waals surface area contributed by atoms with Crippen LogP contribution in [0, 0.1) is 6.92 Å². The largest absolute Gasteiger partial charge is 0.455 e. The SMILES string of the molecule is Cc1ccccc1CS(=O)(=O)Cc1ccc(C(=O)N2CCSCC2)o1. The van der Waals surface area contributed by atoms with Crippen LogP contribution in [0.15, 0.2) is 40.8 Å². The number of rotatable bonds is 5. The van der Waals surface area contributed by atoms with E-state index in [2.05, 4.69) is 0 Å². The maximum atomic E-state index is 12.4. The van der Waals surface area contributed by atoms with Crippen molar-refractivity contribution in [1.82, 2.24) is 4.90 Å². The molecule has 1 aliphatic heterocycles. The van der Waals surface area contributed by atoms with Gasteiger partial charge in [0.2, 0.25) is 0 Å². The molecule has 0 spiro atoms. The van der Waals surface area contributed by atoms with E-state index in [-0.39, 0.29) is 23.2 Å². The Labute approximate surface area is 152 Å². The molecule has 1 amide bonds. The zero-order valence-electron chi connectivity index (χ0n) is 14.1. The van der Waals surface area contributed by atoms with E-state index in [9.17, 15) is 13.2 Å². The highest BCUT2D eigenvalue weighted by molar-refractivity contribution is 7.99. The van der Waals surface area contributed by atoms with Crippen LogP contribution in [-0.4, -0.2) is 43.8 Å². The zero-order chi connectivity index (χ0) is 17.9. The van der Waals surface area contributed by atoms with E-state index in [0.29, 0.717) is 18.8 Å². The van der Waals surface area contributed by atoms with Gasteiger partial charge in [-0.05, 0) is 30.2 Å². The number of amides is 1. The Balaban J connectivity index is 1.68. The Morgan fingerprint density at radius 3 is 2.56 bits per heavy atom. The number of benzene rings is 1. The first-order valence-corrected chi connectivity index (χ1v) is 11.1. The van der Waals surface area contributed by atoms with Crippen molar-refractivity contribution in [1.29, 1.82) is 0 Å². The van der Waals surface area contributed by atoms with E-state index in [0.717, 1.165) is 22.6 Å². The fourth-order valence-electron chi connectivity index (χ4n) is 2.77. The lowest BCUT2D eigenvalue weighted by Gasteiger charge is -2.25. The zero-order valence-corrected chi connectivity index (χ0v) is 15.7. The summed E-state index contributed by atoms with van der Waals surface area (Å²) in [6, 6.07) is 10.6. The fourth-order valence-corrected chi connectivity index (χ4v) is 5.16. The smallest absolute Gasteiger partial charge is 0.289 e.